The lowest BCUT2D eigenvalue weighted by Crippen LogP contribution is -2.40. The summed E-state index contributed by atoms with van der Waals surface area (Å²) in [4.78, 5) is 26.9. The highest BCUT2D eigenvalue weighted by molar-refractivity contribution is 5.85. The van der Waals surface area contributed by atoms with Crippen molar-refractivity contribution in [2.75, 3.05) is 19.6 Å². The molecule has 0 atom stereocenters. The van der Waals surface area contributed by atoms with Crippen LogP contribution in [0.1, 0.15) is 49.1 Å². The summed E-state index contributed by atoms with van der Waals surface area (Å²) in [5, 5.41) is 2.84. The van der Waals surface area contributed by atoms with Gasteiger partial charge in [-0.05, 0) is 24.0 Å². The summed E-state index contributed by atoms with van der Waals surface area (Å²) in [7, 11) is 0. The predicted octanol–water partition coefficient (Wildman–Crippen LogP) is 3.73. The lowest BCUT2D eigenvalue weighted by atomic mass is 9.88. The van der Waals surface area contributed by atoms with Crippen molar-refractivity contribution in [3.05, 3.63) is 71.8 Å². The average molecular weight is 364 g/mol. The van der Waals surface area contributed by atoms with Crippen molar-refractivity contribution in [3.8, 4) is 0 Å². The number of carbonyl (C=O) groups is 2. The minimum absolute atomic E-state index is 0.0133. The number of carbonyl (C=O) groups excluding carboxylic acids is 2. The maximum absolute atomic E-state index is 12.6. The van der Waals surface area contributed by atoms with Gasteiger partial charge in [0.05, 0.1) is 6.54 Å². The fourth-order valence-corrected chi connectivity index (χ4v) is 3.66. The van der Waals surface area contributed by atoms with Gasteiger partial charge in [-0.15, -0.1) is 0 Å². The van der Waals surface area contributed by atoms with E-state index in [2.05, 4.69) is 5.32 Å². The number of rotatable bonds is 6. The Morgan fingerprint density at radius 1 is 0.815 bits per heavy atom. The molecule has 0 spiro atoms. The molecule has 0 aromatic heterocycles. The molecule has 0 bridgehead atoms. The maximum Gasteiger partial charge on any atom is 0.241 e. The molecule has 0 unspecified atom stereocenters. The zero-order chi connectivity index (χ0) is 18.9. The van der Waals surface area contributed by atoms with Crippen LogP contribution in [-0.2, 0) is 9.59 Å². The standard InChI is InChI=1S/C23H28N2O2/c26-22(24-18-23(27)25-15-9-1-2-10-16-25)17-21(19-11-5-3-6-12-19)20-13-7-4-8-14-20/h3-8,11-14,21H,1-2,9-10,15-18H2,(H,24,26). The molecule has 0 radical (unpaired) electrons. The zero-order valence-electron chi connectivity index (χ0n) is 15.8. The van der Waals surface area contributed by atoms with E-state index in [-0.39, 0.29) is 24.3 Å². The fraction of sp³-hybridized carbons (Fsp3) is 0.391. The number of hydrogen-bond donors (Lipinski definition) is 1. The van der Waals surface area contributed by atoms with E-state index in [1.54, 1.807) is 0 Å². The highest BCUT2D eigenvalue weighted by atomic mass is 16.2. The molecule has 1 N–H and O–H groups in total. The first kappa shape index (κ1) is 19.2. The summed E-state index contributed by atoms with van der Waals surface area (Å²) < 4.78 is 0. The van der Waals surface area contributed by atoms with Crippen LogP contribution in [0.5, 0.6) is 0 Å². The van der Waals surface area contributed by atoms with Crippen LogP contribution < -0.4 is 5.32 Å². The Hall–Kier alpha value is -2.62. The van der Waals surface area contributed by atoms with Gasteiger partial charge >= 0.3 is 0 Å². The lowest BCUT2D eigenvalue weighted by molar-refractivity contribution is -0.132. The molecule has 1 saturated heterocycles. The third-order valence-corrected chi connectivity index (χ3v) is 5.19. The van der Waals surface area contributed by atoms with Crippen molar-refractivity contribution < 1.29 is 9.59 Å². The van der Waals surface area contributed by atoms with E-state index < -0.39 is 0 Å². The number of amides is 2. The molecule has 2 aromatic rings. The summed E-state index contributed by atoms with van der Waals surface area (Å²) in [6.07, 6.45) is 4.83. The topological polar surface area (TPSA) is 49.4 Å². The van der Waals surface area contributed by atoms with E-state index in [4.69, 9.17) is 0 Å². The molecule has 1 aliphatic heterocycles. The van der Waals surface area contributed by atoms with Crippen LogP contribution in [0.3, 0.4) is 0 Å². The molecule has 0 aliphatic carbocycles. The summed E-state index contributed by atoms with van der Waals surface area (Å²) in [5.41, 5.74) is 2.22. The highest BCUT2D eigenvalue weighted by Gasteiger charge is 2.20. The summed E-state index contributed by atoms with van der Waals surface area (Å²) in [6.45, 7) is 1.71. The van der Waals surface area contributed by atoms with Crippen molar-refractivity contribution in [2.24, 2.45) is 0 Å². The molecule has 0 saturated carbocycles. The second-order valence-corrected chi connectivity index (χ2v) is 7.15. The van der Waals surface area contributed by atoms with Crippen molar-refractivity contribution >= 4 is 11.8 Å². The van der Waals surface area contributed by atoms with E-state index >= 15 is 0 Å². The van der Waals surface area contributed by atoms with E-state index in [1.807, 2.05) is 65.6 Å². The van der Waals surface area contributed by atoms with Gasteiger partial charge in [0.2, 0.25) is 11.8 Å². The maximum atomic E-state index is 12.6. The Bertz CT molecular complexity index is 683. The van der Waals surface area contributed by atoms with Gasteiger partial charge in [-0.3, -0.25) is 9.59 Å². The average Bonchev–Trinajstić information content (AvgIpc) is 3.01. The molecule has 27 heavy (non-hydrogen) atoms. The van der Waals surface area contributed by atoms with Gasteiger partial charge in [-0.25, -0.2) is 0 Å². The number of nitrogens with one attached hydrogen (secondary N) is 1. The van der Waals surface area contributed by atoms with Gasteiger partial charge in [-0.2, -0.15) is 0 Å². The Kier molecular flexibility index (Phi) is 7.03. The summed E-state index contributed by atoms with van der Waals surface area (Å²) >= 11 is 0. The Balaban J connectivity index is 1.60. The number of nitrogens with zero attached hydrogens (tertiary/aromatic N) is 1. The normalized spacial score (nSPS) is 14.6. The number of benzene rings is 2. The fourth-order valence-electron chi connectivity index (χ4n) is 3.66. The van der Waals surface area contributed by atoms with Gasteiger partial charge in [0.25, 0.3) is 0 Å². The van der Waals surface area contributed by atoms with Crippen LogP contribution in [0.4, 0.5) is 0 Å². The molecule has 1 heterocycles. The van der Waals surface area contributed by atoms with Crippen LogP contribution >= 0.6 is 0 Å². The van der Waals surface area contributed by atoms with Gasteiger partial charge in [0.15, 0.2) is 0 Å². The van der Waals surface area contributed by atoms with Gasteiger partial charge in [0.1, 0.15) is 0 Å². The van der Waals surface area contributed by atoms with Crippen LogP contribution in [0.15, 0.2) is 60.7 Å². The lowest BCUT2D eigenvalue weighted by Gasteiger charge is -2.21. The molecule has 3 rings (SSSR count). The Labute approximate surface area is 161 Å². The number of likely N-dealkylation sites (tertiary alicyclic amines) is 1. The molecule has 1 fully saturated rings. The third-order valence-electron chi connectivity index (χ3n) is 5.19. The smallest absolute Gasteiger partial charge is 0.241 e. The highest BCUT2D eigenvalue weighted by Crippen LogP contribution is 2.27. The van der Waals surface area contributed by atoms with Crippen LogP contribution in [0, 0.1) is 0 Å². The van der Waals surface area contributed by atoms with E-state index in [1.165, 1.54) is 12.8 Å². The molecule has 142 valence electrons. The van der Waals surface area contributed by atoms with Crippen molar-refractivity contribution in [1.82, 2.24) is 10.2 Å². The van der Waals surface area contributed by atoms with Gasteiger partial charge in [0, 0.05) is 25.4 Å². The zero-order valence-corrected chi connectivity index (χ0v) is 15.8. The van der Waals surface area contributed by atoms with Crippen molar-refractivity contribution in [2.45, 2.75) is 38.0 Å². The number of hydrogen-bond acceptors (Lipinski definition) is 2. The Morgan fingerprint density at radius 2 is 1.33 bits per heavy atom. The Morgan fingerprint density at radius 3 is 1.85 bits per heavy atom. The van der Waals surface area contributed by atoms with Gasteiger partial charge < -0.3 is 10.2 Å². The van der Waals surface area contributed by atoms with Crippen LogP contribution in [-0.4, -0.2) is 36.3 Å². The van der Waals surface area contributed by atoms with Gasteiger partial charge in [-0.1, -0.05) is 73.5 Å². The van der Waals surface area contributed by atoms with Crippen LogP contribution in [0.25, 0.3) is 0 Å². The summed E-state index contributed by atoms with van der Waals surface area (Å²) in [5.74, 6) is -0.0715. The van der Waals surface area contributed by atoms with Crippen molar-refractivity contribution in [1.29, 1.82) is 0 Å². The monoisotopic (exact) mass is 364 g/mol. The third kappa shape index (κ3) is 5.68. The predicted molar refractivity (Wildman–Crippen MR) is 107 cm³/mol. The minimum atomic E-state index is -0.0871. The van der Waals surface area contributed by atoms with E-state index in [9.17, 15) is 9.59 Å². The van der Waals surface area contributed by atoms with E-state index in [0.717, 1.165) is 37.1 Å². The molecule has 1 aliphatic rings. The summed E-state index contributed by atoms with van der Waals surface area (Å²) in [6, 6.07) is 20.1. The molecule has 4 heteroatoms. The molecular weight excluding hydrogens is 336 g/mol. The van der Waals surface area contributed by atoms with Crippen LogP contribution in [0.2, 0.25) is 0 Å². The first-order chi connectivity index (χ1) is 13.2. The van der Waals surface area contributed by atoms with Crippen molar-refractivity contribution in [3.63, 3.8) is 0 Å². The largest absolute Gasteiger partial charge is 0.347 e. The minimum Gasteiger partial charge on any atom is -0.347 e. The SMILES string of the molecule is O=C(CC(c1ccccc1)c1ccccc1)NCC(=O)N1CCCCCC1. The quantitative estimate of drug-likeness (QED) is 0.849. The molecular formula is C23H28N2O2. The second-order valence-electron chi connectivity index (χ2n) is 7.15. The first-order valence-corrected chi connectivity index (χ1v) is 9.88. The first-order valence-electron chi connectivity index (χ1n) is 9.88. The second kappa shape index (κ2) is 9.91. The molecule has 4 nitrogen and oxygen atoms in total. The van der Waals surface area contributed by atoms with E-state index in [0.29, 0.717) is 6.42 Å². The molecule has 2 amide bonds. The molecule has 2 aromatic carbocycles.